The highest BCUT2D eigenvalue weighted by atomic mass is 35.5. The molecule has 0 spiro atoms. The van der Waals surface area contributed by atoms with Crippen LogP contribution >= 0.6 is 35.2 Å². The largest absolute Gasteiger partial charge is 0.308 e. The standard InChI is InChI=1S/C17H12ClN3OS2/c18-12-7-4-8-13-15(12)20-17(24-13)21-16(23)19-14(22)10-9-11-5-2-1-3-6-11/h1-10H,(H2,19,20,21,22,23). The van der Waals surface area contributed by atoms with Crippen LogP contribution in [-0.4, -0.2) is 16.0 Å². The van der Waals surface area contributed by atoms with Gasteiger partial charge in [0.25, 0.3) is 0 Å². The van der Waals surface area contributed by atoms with Crippen molar-refractivity contribution >= 4 is 67.6 Å². The van der Waals surface area contributed by atoms with Crippen LogP contribution in [-0.2, 0) is 4.79 Å². The summed E-state index contributed by atoms with van der Waals surface area (Å²) in [5, 5.41) is 6.84. The van der Waals surface area contributed by atoms with E-state index in [1.54, 1.807) is 12.1 Å². The molecule has 0 unspecified atom stereocenters. The van der Waals surface area contributed by atoms with Crippen LogP contribution in [0.15, 0.2) is 54.6 Å². The van der Waals surface area contributed by atoms with E-state index in [-0.39, 0.29) is 11.0 Å². The Bertz CT molecular complexity index is 922. The van der Waals surface area contributed by atoms with E-state index in [0.29, 0.717) is 15.7 Å². The number of carbonyl (C=O) groups is 1. The summed E-state index contributed by atoms with van der Waals surface area (Å²) in [5.41, 5.74) is 1.65. The van der Waals surface area contributed by atoms with Crippen LogP contribution in [0.25, 0.3) is 16.3 Å². The van der Waals surface area contributed by atoms with Crippen molar-refractivity contribution in [3.63, 3.8) is 0 Å². The lowest BCUT2D eigenvalue weighted by Gasteiger charge is -2.04. The molecule has 1 aromatic heterocycles. The molecule has 1 amide bonds. The number of halogens is 1. The second-order valence-corrected chi connectivity index (χ2v) is 6.64. The predicted molar refractivity (Wildman–Crippen MR) is 104 cm³/mol. The van der Waals surface area contributed by atoms with Crippen LogP contribution < -0.4 is 10.6 Å². The number of anilines is 1. The molecule has 3 rings (SSSR count). The quantitative estimate of drug-likeness (QED) is 0.525. The summed E-state index contributed by atoms with van der Waals surface area (Å²) in [6.45, 7) is 0. The van der Waals surface area contributed by atoms with E-state index in [2.05, 4.69) is 15.6 Å². The van der Waals surface area contributed by atoms with E-state index in [1.807, 2.05) is 42.5 Å². The zero-order chi connectivity index (χ0) is 16.9. The molecule has 3 aromatic rings. The highest BCUT2D eigenvalue weighted by Crippen LogP contribution is 2.30. The van der Waals surface area contributed by atoms with Crippen LogP contribution in [0.1, 0.15) is 5.56 Å². The number of thiazole rings is 1. The lowest BCUT2D eigenvalue weighted by atomic mass is 10.2. The number of hydrogen-bond acceptors (Lipinski definition) is 4. The third kappa shape index (κ3) is 4.17. The summed E-state index contributed by atoms with van der Waals surface area (Å²) in [6.07, 6.45) is 3.15. The molecule has 4 nitrogen and oxygen atoms in total. The van der Waals surface area contributed by atoms with Gasteiger partial charge in [0, 0.05) is 6.08 Å². The number of thiocarbonyl (C=S) groups is 1. The number of nitrogens with one attached hydrogen (secondary N) is 2. The Kier molecular flexibility index (Phi) is 5.20. The Balaban J connectivity index is 1.61. The van der Waals surface area contributed by atoms with Gasteiger partial charge in [-0.3, -0.25) is 10.1 Å². The number of carbonyl (C=O) groups excluding carboxylic acids is 1. The minimum absolute atomic E-state index is 0.188. The number of hydrogen-bond donors (Lipinski definition) is 2. The molecule has 0 fully saturated rings. The van der Waals surface area contributed by atoms with E-state index in [9.17, 15) is 4.79 Å². The van der Waals surface area contributed by atoms with Crippen molar-refractivity contribution in [3.8, 4) is 0 Å². The van der Waals surface area contributed by atoms with E-state index in [1.165, 1.54) is 17.4 Å². The molecule has 0 saturated heterocycles. The van der Waals surface area contributed by atoms with Crippen molar-refractivity contribution in [2.24, 2.45) is 0 Å². The number of rotatable bonds is 3. The molecule has 0 radical (unpaired) electrons. The summed E-state index contributed by atoms with van der Waals surface area (Å²) in [6, 6.07) is 15.1. The lowest BCUT2D eigenvalue weighted by Crippen LogP contribution is -2.32. The van der Waals surface area contributed by atoms with Crippen molar-refractivity contribution in [2.45, 2.75) is 0 Å². The summed E-state index contributed by atoms with van der Waals surface area (Å²) in [4.78, 5) is 16.3. The van der Waals surface area contributed by atoms with E-state index in [0.717, 1.165) is 10.3 Å². The number of benzene rings is 2. The monoisotopic (exact) mass is 373 g/mol. The molecule has 120 valence electrons. The maximum Gasteiger partial charge on any atom is 0.250 e. The number of aromatic nitrogens is 1. The number of nitrogens with zero attached hydrogens (tertiary/aromatic N) is 1. The first-order chi connectivity index (χ1) is 11.6. The van der Waals surface area contributed by atoms with Gasteiger partial charge in [-0.05, 0) is 36.0 Å². The molecule has 24 heavy (non-hydrogen) atoms. The fraction of sp³-hybridized carbons (Fsp3) is 0. The normalized spacial score (nSPS) is 10.9. The molecule has 2 N–H and O–H groups in total. The van der Waals surface area contributed by atoms with Crippen LogP contribution in [0.3, 0.4) is 0 Å². The third-order valence-corrected chi connectivity index (χ3v) is 4.50. The summed E-state index contributed by atoms with van der Waals surface area (Å²) >= 11 is 12.6. The summed E-state index contributed by atoms with van der Waals surface area (Å²) < 4.78 is 0.947. The molecule has 0 bridgehead atoms. The Morgan fingerprint density at radius 2 is 1.96 bits per heavy atom. The van der Waals surface area contributed by atoms with Crippen LogP contribution in [0, 0.1) is 0 Å². The molecule has 0 atom stereocenters. The summed E-state index contributed by atoms with van der Waals surface area (Å²) in [7, 11) is 0. The zero-order valence-corrected chi connectivity index (χ0v) is 14.7. The highest BCUT2D eigenvalue weighted by molar-refractivity contribution is 7.80. The lowest BCUT2D eigenvalue weighted by molar-refractivity contribution is -0.115. The van der Waals surface area contributed by atoms with Gasteiger partial charge in [0.15, 0.2) is 10.2 Å². The van der Waals surface area contributed by atoms with Crippen molar-refractivity contribution in [2.75, 3.05) is 5.32 Å². The Morgan fingerprint density at radius 1 is 1.17 bits per heavy atom. The maximum atomic E-state index is 11.9. The first-order valence-corrected chi connectivity index (χ1v) is 8.62. The van der Waals surface area contributed by atoms with Gasteiger partial charge in [0.1, 0.15) is 5.52 Å². The second-order valence-electron chi connectivity index (χ2n) is 4.79. The average Bonchev–Trinajstić information content (AvgIpc) is 2.97. The SMILES string of the molecule is O=C(C=Cc1ccccc1)NC(=S)Nc1nc2c(Cl)cccc2s1. The molecule has 2 aromatic carbocycles. The molecule has 0 aliphatic heterocycles. The topological polar surface area (TPSA) is 54.0 Å². The number of fused-ring (bicyclic) bond motifs is 1. The van der Waals surface area contributed by atoms with Crippen molar-refractivity contribution in [1.29, 1.82) is 0 Å². The smallest absolute Gasteiger partial charge is 0.250 e. The van der Waals surface area contributed by atoms with Crippen molar-refractivity contribution in [3.05, 3.63) is 65.2 Å². The van der Waals surface area contributed by atoms with Gasteiger partial charge in [-0.25, -0.2) is 4.98 Å². The molecule has 1 heterocycles. The van der Waals surface area contributed by atoms with Crippen molar-refractivity contribution in [1.82, 2.24) is 10.3 Å². The van der Waals surface area contributed by atoms with E-state index < -0.39 is 0 Å². The molecule has 0 saturated carbocycles. The average molecular weight is 374 g/mol. The Morgan fingerprint density at radius 3 is 2.71 bits per heavy atom. The molecular formula is C17H12ClN3OS2. The number of para-hydroxylation sites is 1. The zero-order valence-electron chi connectivity index (χ0n) is 12.3. The van der Waals surface area contributed by atoms with Crippen LogP contribution in [0.4, 0.5) is 5.13 Å². The van der Waals surface area contributed by atoms with Gasteiger partial charge in [-0.2, -0.15) is 0 Å². The van der Waals surface area contributed by atoms with Gasteiger partial charge in [-0.1, -0.05) is 59.3 Å². The summed E-state index contributed by atoms with van der Waals surface area (Å²) in [5.74, 6) is -0.310. The van der Waals surface area contributed by atoms with Gasteiger partial charge < -0.3 is 5.32 Å². The second kappa shape index (κ2) is 7.53. The third-order valence-electron chi connectivity index (χ3n) is 3.05. The van der Waals surface area contributed by atoms with Gasteiger partial charge in [-0.15, -0.1) is 0 Å². The maximum absolute atomic E-state index is 11.9. The van der Waals surface area contributed by atoms with E-state index >= 15 is 0 Å². The predicted octanol–water partition coefficient (Wildman–Crippen LogP) is 4.48. The van der Waals surface area contributed by atoms with E-state index in [4.69, 9.17) is 23.8 Å². The van der Waals surface area contributed by atoms with Gasteiger partial charge in [0.2, 0.25) is 5.91 Å². The first-order valence-electron chi connectivity index (χ1n) is 7.02. The first kappa shape index (κ1) is 16.6. The minimum Gasteiger partial charge on any atom is -0.308 e. The fourth-order valence-electron chi connectivity index (χ4n) is 1.99. The van der Waals surface area contributed by atoms with Crippen molar-refractivity contribution < 1.29 is 4.79 Å². The minimum atomic E-state index is -0.310. The van der Waals surface area contributed by atoms with Crippen LogP contribution in [0.5, 0.6) is 0 Å². The Labute approximate surface area is 153 Å². The van der Waals surface area contributed by atoms with Crippen LogP contribution in [0.2, 0.25) is 5.02 Å². The molecule has 7 heteroatoms. The molecular weight excluding hydrogens is 362 g/mol. The number of amides is 1. The molecule has 0 aliphatic rings. The van der Waals surface area contributed by atoms with Gasteiger partial charge >= 0.3 is 0 Å². The molecule has 0 aliphatic carbocycles. The highest BCUT2D eigenvalue weighted by Gasteiger charge is 2.08. The Hall–Kier alpha value is -2.28. The fourth-order valence-corrected chi connectivity index (χ4v) is 3.42. The van der Waals surface area contributed by atoms with Gasteiger partial charge in [0.05, 0.1) is 9.72 Å².